The summed E-state index contributed by atoms with van der Waals surface area (Å²) in [6.07, 6.45) is 1.61. The zero-order chi connectivity index (χ0) is 14.5. The molecule has 3 nitrogen and oxygen atoms in total. The van der Waals surface area contributed by atoms with E-state index in [4.69, 9.17) is 10.00 Å². The maximum absolute atomic E-state index is 8.70. The zero-order valence-electron chi connectivity index (χ0n) is 12.0. The molecule has 0 atom stereocenters. The smallest absolute Gasteiger partial charge is 0.120 e. The molecule has 2 aromatic carbocycles. The van der Waals surface area contributed by atoms with Gasteiger partial charge in [0.1, 0.15) is 12.4 Å². The summed E-state index contributed by atoms with van der Waals surface area (Å²) in [5, 5.41) is 8.70. The Morgan fingerprint density at radius 3 is 2.81 bits per heavy atom. The van der Waals surface area contributed by atoms with E-state index in [0.29, 0.717) is 13.0 Å². The van der Waals surface area contributed by atoms with Gasteiger partial charge in [0.05, 0.1) is 12.5 Å². The number of anilines is 1. The van der Waals surface area contributed by atoms with E-state index in [0.717, 1.165) is 25.3 Å². The third-order valence-electron chi connectivity index (χ3n) is 3.78. The van der Waals surface area contributed by atoms with Crippen molar-refractivity contribution in [2.45, 2.75) is 19.4 Å². The summed E-state index contributed by atoms with van der Waals surface area (Å²) < 4.78 is 5.86. The maximum atomic E-state index is 8.70. The topological polar surface area (TPSA) is 36.3 Å². The molecule has 2 aromatic rings. The highest BCUT2D eigenvalue weighted by Crippen LogP contribution is 2.31. The Hall–Kier alpha value is -2.47. The quantitative estimate of drug-likeness (QED) is 0.839. The van der Waals surface area contributed by atoms with Crippen molar-refractivity contribution >= 4 is 5.69 Å². The molecule has 0 N–H and O–H groups in total. The van der Waals surface area contributed by atoms with E-state index in [-0.39, 0.29) is 0 Å². The summed E-state index contributed by atoms with van der Waals surface area (Å²) in [7, 11) is 0. The highest BCUT2D eigenvalue weighted by Gasteiger charge is 2.18. The Bertz CT molecular complexity index is 646. The van der Waals surface area contributed by atoms with E-state index in [1.54, 1.807) is 0 Å². The number of nitriles is 1. The molecule has 0 spiro atoms. The fourth-order valence-electron chi connectivity index (χ4n) is 2.69. The molecule has 1 aliphatic rings. The summed E-state index contributed by atoms with van der Waals surface area (Å²) in [6, 6.07) is 18.7. The van der Waals surface area contributed by atoms with Crippen molar-refractivity contribution in [3.05, 3.63) is 59.7 Å². The van der Waals surface area contributed by atoms with Crippen LogP contribution in [0.1, 0.15) is 17.5 Å². The highest BCUT2D eigenvalue weighted by atomic mass is 16.5. The van der Waals surface area contributed by atoms with E-state index in [9.17, 15) is 0 Å². The number of nitrogens with zero attached hydrogens (tertiary/aromatic N) is 2. The molecular weight excluding hydrogens is 260 g/mol. The van der Waals surface area contributed by atoms with Crippen LogP contribution in [0.2, 0.25) is 0 Å². The van der Waals surface area contributed by atoms with Crippen LogP contribution in [0, 0.1) is 11.3 Å². The Balaban J connectivity index is 1.66. The van der Waals surface area contributed by atoms with Crippen LogP contribution < -0.4 is 9.64 Å². The lowest BCUT2D eigenvalue weighted by Crippen LogP contribution is -2.21. The Kier molecular flexibility index (Phi) is 4.07. The van der Waals surface area contributed by atoms with Crippen molar-refractivity contribution in [2.24, 2.45) is 0 Å². The van der Waals surface area contributed by atoms with Crippen molar-refractivity contribution in [3.63, 3.8) is 0 Å². The first-order chi connectivity index (χ1) is 10.4. The standard InChI is InChI=1S/C18H18N2O/c19-10-4-11-20-12-9-16-13-17(7-8-18(16)20)21-14-15-5-2-1-3-6-15/h1-3,5-8,13H,4,9,11-12,14H2. The van der Waals surface area contributed by atoms with Crippen LogP contribution in [0.25, 0.3) is 0 Å². The molecule has 0 aliphatic carbocycles. The zero-order valence-corrected chi connectivity index (χ0v) is 12.0. The first-order valence-corrected chi connectivity index (χ1v) is 7.28. The Morgan fingerprint density at radius 2 is 2.00 bits per heavy atom. The van der Waals surface area contributed by atoms with E-state index >= 15 is 0 Å². The molecule has 0 aromatic heterocycles. The van der Waals surface area contributed by atoms with Gasteiger partial charge < -0.3 is 9.64 Å². The largest absolute Gasteiger partial charge is 0.489 e. The van der Waals surface area contributed by atoms with Crippen molar-refractivity contribution in [1.82, 2.24) is 0 Å². The number of hydrogen-bond acceptors (Lipinski definition) is 3. The normalized spacial score (nSPS) is 12.8. The maximum Gasteiger partial charge on any atom is 0.120 e. The number of fused-ring (bicyclic) bond motifs is 1. The lowest BCUT2D eigenvalue weighted by atomic mass is 10.1. The third-order valence-corrected chi connectivity index (χ3v) is 3.78. The van der Waals surface area contributed by atoms with Gasteiger partial charge in [-0.05, 0) is 35.7 Å². The molecule has 3 heteroatoms. The van der Waals surface area contributed by atoms with Gasteiger partial charge in [0.2, 0.25) is 0 Å². The predicted octanol–water partition coefficient (Wildman–Crippen LogP) is 3.54. The van der Waals surface area contributed by atoms with Gasteiger partial charge in [-0.25, -0.2) is 0 Å². The van der Waals surface area contributed by atoms with Crippen molar-refractivity contribution < 1.29 is 4.74 Å². The molecule has 0 radical (unpaired) electrons. The van der Waals surface area contributed by atoms with Crippen LogP contribution in [0.4, 0.5) is 5.69 Å². The van der Waals surface area contributed by atoms with Crippen LogP contribution in [0.15, 0.2) is 48.5 Å². The van der Waals surface area contributed by atoms with Gasteiger partial charge in [-0.2, -0.15) is 5.26 Å². The van der Waals surface area contributed by atoms with Crippen LogP contribution in [-0.2, 0) is 13.0 Å². The average Bonchev–Trinajstić information content (AvgIpc) is 2.94. The fourth-order valence-corrected chi connectivity index (χ4v) is 2.69. The van der Waals surface area contributed by atoms with E-state index in [2.05, 4.69) is 35.2 Å². The van der Waals surface area contributed by atoms with E-state index in [1.807, 2.05) is 24.3 Å². The van der Waals surface area contributed by atoms with E-state index in [1.165, 1.54) is 16.8 Å². The summed E-state index contributed by atoms with van der Waals surface area (Å²) >= 11 is 0. The van der Waals surface area contributed by atoms with Crippen LogP contribution >= 0.6 is 0 Å². The van der Waals surface area contributed by atoms with Gasteiger partial charge in [0.25, 0.3) is 0 Å². The minimum atomic E-state index is 0.575. The third kappa shape index (κ3) is 3.17. The molecule has 1 heterocycles. The Labute approximate surface area is 125 Å². The van der Waals surface area contributed by atoms with Gasteiger partial charge in [-0.1, -0.05) is 30.3 Å². The number of hydrogen-bond donors (Lipinski definition) is 0. The number of benzene rings is 2. The molecule has 1 aliphatic heterocycles. The molecule has 0 saturated heterocycles. The molecule has 106 valence electrons. The van der Waals surface area contributed by atoms with Gasteiger partial charge in [-0.3, -0.25) is 0 Å². The highest BCUT2D eigenvalue weighted by molar-refractivity contribution is 5.60. The monoisotopic (exact) mass is 278 g/mol. The SMILES string of the molecule is N#CCCN1CCc2cc(OCc3ccccc3)ccc21. The summed E-state index contributed by atoms with van der Waals surface area (Å²) in [4.78, 5) is 2.28. The minimum Gasteiger partial charge on any atom is -0.489 e. The minimum absolute atomic E-state index is 0.575. The summed E-state index contributed by atoms with van der Waals surface area (Å²) in [6.45, 7) is 2.41. The van der Waals surface area contributed by atoms with Crippen molar-refractivity contribution in [3.8, 4) is 11.8 Å². The molecule has 0 fully saturated rings. The van der Waals surface area contributed by atoms with Gasteiger partial charge >= 0.3 is 0 Å². The second-order valence-corrected chi connectivity index (χ2v) is 5.21. The molecule has 0 bridgehead atoms. The van der Waals surface area contributed by atoms with Crippen molar-refractivity contribution in [1.29, 1.82) is 5.26 Å². The molecule has 0 saturated carbocycles. The predicted molar refractivity (Wildman–Crippen MR) is 83.4 cm³/mol. The summed E-state index contributed by atoms with van der Waals surface area (Å²) in [5.41, 5.74) is 3.74. The van der Waals surface area contributed by atoms with E-state index < -0.39 is 0 Å². The molecule has 3 rings (SSSR count). The molecule has 21 heavy (non-hydrogen) atoms. The molecular formula is C18H18N2O. The van der Waals surface area contributed by atoms with Crippen LogP contribution in [0.5, 0.6) is 5.75 Å². The lowest BCUT2D eigenvalue weighted by molar-refractivity contribution is 0.306. The molecule has 0 unspecified atom stereocenters. The first-order valence-electron chi connectivity index (χ1n) is 7.28. The average molecular weight is 278 g/mol. The van der Waals surface area contributed by atoms with Gasteiger partial charge in [0, 0.05) is 18.8 Å². The van der Waals surface area contributed by atoms with Gasteiger partial charge in [-0.15, -0.1) is 0 Å². The fraction of sp³-hybridized carbons (Fsp3) is 0.278. The second-order valence-electron chi connectivity index (χ2n) is 5.21. The number of rotatable bonds is 5. The summed E-state index contributed by atoms with van der Waals surface area (Å²) in [5.74, 6) is 0.916. The lowest BCUT2D eigenvalue weighted by Gasteiger charge is -2.17. The number of ether oxygens (including phenoxy) is 1. The first kappa shape index (κ1) is 13.5. The Morgan fingerprint density at radius 1 is 1.14 bits per heavy atom. The van der Waals surface area contributed by atoms with Crippen molar-refractivity contribution in [2.75, 3.05) is 18.0 Å². The second kappa shape index (κ2) is 6.32. The molecule has 0 amide bonds. The van der Waals surface area contributed by atoms with Crippen LogP contribution in [-0.4, -0.2) is 13.1 Å². The van der Waals surface area contributed by atoms with Gasteiger partial charge in [0.15, 0.2) is 0 Å². The van der Waals surface area contributed by atoms with Crippen LogP contribution in [0.3, 0.4) is 0 Å².